The number of rotatable bonds is 21. The van der Waals surface area contributed by atoms with Gasteiger partial charge in [-0.1, -0.05) is 117 Å². The highest BCUT2D eigenvalue weighted by molar-refractivity contribution is 15.0. The molecule has 0 aromatic rings. The van der Waals surface area contributed by atoms with E-state index >= 15 is 0 Å². The lowest BCUT2D eigenvalue weighted by Crippen LogP contribution is -1.97. The van der Waals surface area contributed by atoms with Gasteiger partial charge in [0.15, 0.2) is 0 Å². The van der Waals surface area contributed by atoms with Gasteiger partial charge < -0.3 is 0 Å². The number of unbranched alkanes of at least 4 members (excludes halogenated alkanes) is 15. The van der Waals surface area contributed by atoms with Crippen LogP contribution in [-0.2, 0) is 0 Å². The third kappa shape index (κ3) is 27.9. The van der Waals surface area contributed by atoms with Crippen molar-refractivity contribution in [3.05, 3.63) is 0 Å². The molecule has 0 spiro atoms. The Bertz CT molecular complexity index is 198. The zero-order valence-electron chi connectivity index (χ0n) is 19.1. The highest BCUT2D eigenvalue weighted by Gasteiger charge is 2.07. The van der Waals surface area contributed by atoms with Crippen molar-refractivity contribution >= 4 is 45.2 Å². The average molecular weight is 624 g/mol. The van der Waals surface area contributed by atoms with E-state index in [-0.39, 0.29) is 0 Å². The summed E-state index contributed by atoms with van der Waals surface area (Å²) < 4.78 is 0. The van der Waals surface area contributed by atoms with E-state index in [0.29, 0.717) is 7.92 Å². The van der Waals surface area contributed by atoms with Crippen LogP contribution < -0.4 is 0 Å². The lowest BCUT2D eigenvalue weighted by Gasteiger charge is -2.18. The molecule has 166 valence electrons. The molecule has 0 N–H and O–H groups in total. The molecule has 0 aliphatic carbocycles. The van der Waals surface area contributed by atoms with Gasteiger partial charge in [-0.2, -0.15) is 0 Å². The highest BCUT2D eigenvalue weighted by Crippen LogP contribution is 2.39. The zero-order valence-corrected chi connectivity index (χ0v) is 24.3. The van der Waals surface area contributed by atoms with E-state index in [1.165, 1.54) is 116 Å². The molecule has 0 bridgehead atoms. The summed E-state index contributed by atoms with van der Waals surface area (Å²) in [5.41, 5.74) is 0. The lowest BCUT2D eigenvalue weighted by molar-refractivity contribution is 0.617. The fourth-order valence-electron chi connectivity index (χ4n) is 3.68. The Morgan fingerprint density at radius 2 is 0.593 bits per heavy atom. The lowest BCUT2D eigenvalue weighted by atomic mass is 10.1. The minimum atomic E-state index is 0.366. The van der Waals surface area contributed by atoms with Gasteiger partial charge in [0.2, 0.25) is 0 Å². The Labute approximate surface area is 198 Å². The van der Waals surface area contributed by atoms with Gasteiger partial charge in [-0.15, -0.1) is 7.92 Å². The Hall–Kier alpha value is 1.89. The maximum Gasteiger partial charge on any atom is 0 e. The summed E-state index contributed by atoms with van der Waals surface area (Å²) in [6, 6.07) is 0. The van der Waals surface area contributed by atoms with Crippen molar-refractivity contribution in [2.24, 2.45) is 0 Å². The predicted molar refractivity (Wildman–Crippen MR) is 150 cm³/mol. The molecule has 0 aliphatic rings. The maximum atomic E-state index is 2.32. The van der Waals surface area contributed by atoms with E-state index in [2.05, 4.69) is 58.0 Å². The van der Waals surface area contributed by atoms with Gasteiger partial charge in [0.25, 0.3) is 0 Å². The Balaban J connectivity index is 0. The van der Waals surface area contributed by atoms with Crippen molar-refractivity contribution in [1.82, 2.24) is 0 Å². The minimum Gasteiger partial charge on any atom is -0.107 e. The van der Waals surface area contributed by atoms with Crippen molar-refractivity contribution in [3.63, 3.8) is 0 Å². The fourth-order valence-corrected chi connectivity index (χ4v) is 6.37. The second kappa shape index (κ2) is 30.1. The SMILES string of the molecule is CCCCCCCCP(CCCCCCCC)CCCCCCCC.II. The van der Waals surface area contributed by atoms with Crippen LogP contribution in [0.2, 0.25) is 0 Å². The third-order valence-electron chi connectivity index (χ3n) is 5.48. The Morgan fingerprint density at radius 1 is 0.370 bits per heavy atom. The van der Waals surface area contributed by atoms with E-state index in [1.54, 1.807) is 18.5 Å². The van der Waals surface area contributed by atoms with Crippen molar-refractivity contribution in [1.29, 1.82) is 0 Å². The molecule has 0 saturated heterocycles. The number of halogens is 2. The molecule has 3 heteroatoms. The molecule has 0 amide bonds. The van der Waals surface area contributed by atoms with Gasteiger partial charge in [-0.25, -0.2) is 0 Å². The first kappa shape index (κ1) is 31.1. The molecule has 0 fully saturated rings. The topological polar surface area (TPSA) is 0 Å². The van der Waals surface area contributed by atoms with Crippen LogP contribution in [0, 0.1) is 0 Å². The summed E-state index contributed by atoms with van der Waals surface area (Å²) in [6.07, 6.45) is 31.2. The predicted octanol–water partition coefficient (Wildman–Crippen LogP) is 11.3. The van der Waals surface area contributed by atoms with Crippen LogP contribution in [0.25, 0.3) is 0 Å². The van der Waals surface area contributed by atoms with Gasteiger partial charge in [0.05, 0.1) is 0 Å². The molecule has 0 heterocycles. The smallest absolute Gasteiger partial charge is 0 e. The first-order valence-electron chi connectivity index (χ1n) is 12.2. The summed E-state index contributed by atoms with van der Waals surface area (Å²) in [5, 5.41) is 0. The van der Waals surface area contributed by atoms with Crippen LogP contribution in [0.15, 0.2) is 0 Å². The van der Waals surface area contributed by atoms with Crippen LogP contribution >= 0.6 is 45.2 Å². The van der Waals surface area contributed by atoms with Crippen LogP contribution in [0.3, 0.4) is 0 Å². The van der Waals surface area contributed by atoms with Crippen LogP contribution in [0.5, 0.6) is 0 Å². The molecule has 0 atom stereocenters. The summed E-state index contributed by atoms with van der Waals surface area (Å²) in [4.78, 5) is 0. The molecule has 0 saturated carbocycles. The molecule has 0 aromatic carbocycles. The second-order valence-electron chi connectivity index (χ2n) is 8.14. The molecular weight excluding hydrogens is 573 g/mol. The first-order chi connectivity index (χ1) is 13.3. The summed E-state index contributed by atoms with van der Waals surface area (Å²) >= 11 is 4.24. The normalized spacial score (nSPS) is 10.9. The van der Waals surface area contributed by atoms with E-state index in [9.17, 15) is 0 Å². The first-order valence-corrected chi connectivity index (χ1v) is 20.4. The van der Waals surface area contributed by atoms with Crippen molar-refractivity contribution < 1.29 is 0 Å². The summed E-state index contributed by atoms with van der Waals surface area (Å²) in [7, 11) is 0.366. The molecule has 0 aliphatic heterocycles. The Morgan fingerprint density at radius 3 is 0.852 bits per heavy atom. The summed E-state index contributed by atoms with van der Waals surface area (Å²) in [6.45, 7) is 6.96. The van der Waals surface area contributed by atoms with Gasteiger partial charge in [0.1, 0.15) is 0 Å². The van der Waals surface area contributed by atoms with Gasteiger partial charge >= 0.3 is 0 Å². The van der Waals surface area contributed by atoms with Crippen molar-refractivity contribution in [3.8, 4) is 0 Å². The van der Waals surface area contributed by atoms with Gasteiger partial charge in [-0.05, 0) is 37.7 Å². The molecular formula is C24H51I2P. The molecule has 27 heavy (non-hydrogen) atoms. The molecule has 0 rings (SSSR count). The number of hydrogen-bond acceptors (Lipinski definition) is 0. The van der Waals surface area contributed by atoms with E-state index < -0.39 is 0 Å². The largest absolute Gasteiger partial charge is 0.107 e. The third-order valence-corrected chi connectivity index (χ3v) is 8.33. The average Bonchev–Trinajstić information content (AvgIpc) is 2.70. The van der Waals surface area contributed by atoms with E-state index in [0.717, 1.165) is 0 Å². The molecule has 0 radical (unpaired) electrons. The fraction of sp³-hybridized carbons (Fsp3) is 1.00. The highest BCUT2D eigenvalue weighted by atomic mass is 128. The zero-order chi connectivity index (χ0) is 20.4. The van der Waals surface area contributed by atoms with Crippen LogP contribution in [0.1, 0.15) is 136 Å². The Kier molecular flexibility index (Phi) is 34.6. The monoisotopic (exact) mass is 624 g/mol. The van der Waals surface area contributed by atoms with Crippen molar-refractivity contribution in [2.75, 3.05) is 18.5 Å². The molecule has 0 aromatic heterocycles. The molecule has 0 nitrogen and oxygen atoms in total. The van der Waals surface area contributed by atoms with Gasteiger partial charge in [0, 0.05) is 37.2 Å². The standard InChI is InChI=1S/C24H51P.I2/c1-4-7-10-13-16-19-22-25(23-20-17-14-11-8-5-2)24-21-18-15-12-9-6-3;1-2/h4-24H2,1-3H3;. The minimum absolute atomic E-state index is 0.366. The van der Waals surface area contributed by atoms with Crippen molar-refractivity contribution in [2.45, 2.75) is 136 Å². The van der Waals surface area contributed by atoms with Crippen LogP contribution in [0.4, 0.5) is 0 Å². The van der Waals surface area contributed by atoms with Gasteiger partial charge in [-0.3, -0.25) is 0 Å². The second-order valence-corrected chi connectivity index (χ2v) is 10.8. The summed E-state index contributed by atoms with van der Waals surface area (Å²) in [5.74, 6) is 0. The quantitative estimate of drug-likeness (QED) is 0.0677. The van der Waals surface area contributed by atoms with E-state index in [1.807, 2.05) is 0 Å². The molecule has 0 unspecified atom stereocenters. The van der Waals surface area contributed by atoms with Crippen LogP contribution in [-0.4, -0.2) is 18.5 Å². The maximum absolute atomic E-state index is 2.32. The van der Waals surface area contributed by atoms with E-state index in [4.69, 9.17) is 0 Å². The number of hydrogen-bond donors (Lipinski definition) is 0.